The summed E-state index contributed by atoms with van der Waals surface area (Å²) in [5.74, 6) is 0.689. The van der Waals surface area contributed by atoms with Gasteiger partial charge in [-0.1, -0.05) is 34.6 Å². The Bertz CT molecular complexity index is 951. The Balaban J connectivity index is 2.50. The number of hydrogen-bond donors (Lipinski definition) is 3. The largest absolute Gasteiger partial charge is 0.481 e. The summed E-state index contributed by atoms with van der Waals surface area (Å²) in [6, 6.07) is -0.600. The van der Waals surface area contributed by atoms with Gasteiger partial charge >= 0.3 is 12.1 Å². The van der Waals surface area contributed by atoms with Crippen molar-refractivity contribution in [2.45, 2.75) is 65.8 Å². The summed E-state index contributed by atoms with van der Waals surface area (Å²) in [7, 11) is 0. The molecule has 3 N–H and O–H groups in total. The molecule has 36 heavy (non-hydrogen) atoms. The number of carboxylic acid groups (broad SMARTS) is 2. The van der Waals surface area contributed by atoms with Crippen LogP contribution in [0.1, 0.15) is 70.6 Å². The summed E-state index contributed by atoms with van der Waals surface area (Å²) in [5.41, 5.74) is -1.32. The van der Waals surface area contributed by atoms with Gasteiger partial charge in [0.2, 0.25) is 0 Å². The monoisotopic (exact) mass is 523 g/mol. The van der Waals surface area contributed by atoms with Crippen molar-refractivity contribution in [1.82, 2.24) is 19.8 Å². The maximum Gasteiger partial charge on any atom is 0.407 e. The van der Waals surface area contributed by atoms with Crippen LogP contribution in [0.15, 0.2) is 6.20 Å². The molecule has 0 aliphatic carbocycles. The highest BCUT2D eigenvalue weighted by Crippen LogP contribution is 2.34. The minimum atomic E-state index is -1.30. The lowest BCUT2D eigenvalue weighted by Crippen LogP contribution is -2.59. The molecule has 1 aliphatic rings. The molecule has 11 heteroatoms. The number of aromatic nitrogens is 2. The van der Waals surface area contributed by atoms with Crippen molar-refractivity contribution in [3.63, 3.8) is 0 Å². The standard InChI is InChI=1S/C25H41N5O5S/c1-16(2)13-30(17-11-25(6,22(32)33)15-29(14-17)23(34)35)20(31)18-12-27-21(24(3,4)5)28-19(18)26-9-8-10-36-7/h12,16-17H,8-11,13-15H2,1-7H3,(H,32,33)(H,34,35)(H,26,27,28)/t17-,25+/m0/s1. The van der Waals surface area contributed by atoms with Crippen molar-refractivity contribution in [3.8, 4) is 0 Å². The van der Waals surface area contributed by atoms with Gasteiger partial charge in [0.05, 0.1) is 11.5 Å². The lowest BCUT2D eigenvalue weighted by molar-refractivity contribution is -0.152. The molecule has 0 radical (unpaired) electrons. The average molecular weight is 524 g/mol. The van der Waals surface area contributed by atoms with Gasteiger partial charge < -0.3 is 25.3 Å². The quantitative estimate of drug-likeness (QED) is 0.390. The number of likely N-dealkylation sites (tertiary alicyclic amines) is 1. The van der Waals surface area contributed by atoms with Gasteiger partial charge in [0.1, 0.15) is 17.2 Å². The molecule has 0 aromatic carbocycles. The van der Waals surface area contributed by atoms with Gasteiger partial charge in [-0.2, -0.15) is 11.8 Å². The van der Waals surface area contributed by atoms with Crippen molar-refractivity contribution in [2.75, 3.05) is 43.5 Å². The minimum Gasteiger partial charge on any atom is -0.481 e. The van der Waals surface area contributed by atoms with Crippen LogP contribution in [-0.4, -0.2) is 92.2 Å². The van der Waals surface area contributed by atoms with E-state index in [0.717, 1.165) is 17.1 Å². The maximum absolute atomic E-state index is 14.0. The molecule has 2 rings (SSSR count). The first-order valence-corrected chi connectivity index (χ1v) is 13.7. The Morgan fingerprint density at radius 2 is 1.97 bits per heavy atom. The van der Waals surface area contributed by atoms with Crippen LogP contribution in [0.2, 0.25) is 0 Å². The van der Waals surface area contributed by atoms with E-state index in [1.165, 1.54) is 13.1 Å². The molecule has 2 amide bonds. The third-order valence-corrected chi connectivity index (χ3v) is 6.91. The Morgan fingerprint density at radius 3 is 2.50 bits per heavy atom. The van der Waals surface area contributed by atoms with E-state index in [1.807, 2.05) is 40.9 Å². The molecule has 1 aromatic rings. The van der Waals surface area contributed by atoms with Crippen molar-refractivity contribution < 1.29 is 24.6 Å². The van der Waals surface area contributed by atoms with E-state index in [-0.39, 0.29) is 36.8 Å². The predicted octanol–water partition coefficient (Wildman–Crippen LogP) is 3.88. The van der Waals surface area contributed by atoms with E-state index in [1.54, 1.807) is 16.7 Å². The van der Waals surface area contributed by atoms with Crippen LogP contribution in [0, 0.1) is 11.3 Å². The molecular formula is C25H41N5O5S. The van der Waals surface area contributed by atoms with Gasteiger partial charge in [-0.15, -0.1) is 0 Å². The normalized spacial score (nSPS) is 20.3. The smallest absolute Gasteiger partial charge is 0.407 e. The highest BCUT2D eigenvalue weighted by atomic mass is 32.2. The summed E-state index contributed by atoms with van der Waals surface area (Å²) < 4.78 is 0. The van der Waals surface area contributed by atoms with E-state index in [0.29, 0.717) is 30.3 Å². The first-order chi connectivity index (χ1) is 16.7. The SMILES string of the molecule is CSCCCNc1nc(C(C)(C)C)ncc1C(=O)N(CC(C)C)[C@@H]1CN(C(=O)O)C[C@](C)(C(=O)O)C1. The van der Waals surface area contributed by atoms with Gasteiger partial charge in [0.25, 0.3) is 5.91 Å². The third-order valence-electron chi connectivity index (χ3n) is 6.22. The second-order valence-electron chi connectivity index (χ2n) is 11.2. The predicted molar refractivity (Wildman–Crippen MR) is 142 cm³/mol. The zero-order chi connectivity index (χ0) is 27.3. The summed E-state index contributed by atoms with van der Waals surface area (Å²) >= 11 is 1.74. The van der Waals surface area contributed by atoms with Gasteiger partial charge in [0.15, 0.2) is 0 Å². The zero-order valence-corrected chi connectivity index (χ0v) is 23.3. The molecule has 0 unspecified atom stereocenters. The fourth-order valence-electron chi connectivity index (χ4n) is 4.30. The number of hydrogen-bond acceptors (Lipinski definition) is 7. The molecule has 0 spiro atoms. The van der Waals surface area contributed by atoms with Crippen molar-refractivity contribution in [2.24, 2.45) is 11.3 Å². The highest BCUT2D eigenvalue weighted by molar-refractivity contribution is 7.98. The van der Waals surface area contributed by atoms with Gasteiger partial charge in [-0.25, -0.2) is 14.8 Å². The number of nitrogens with one attached hydrogen (secondary N) is 1. The van der Waals surface area contributed by atoms with E-state index in [9.17, 15) is 24.6 Å². The summed E-state index contributed by atoms with van der Waals surface area (Å²) in [6.07, 6.45) is 3.43. The summed E-state index contributed by atoms with van der Waals surface area (Å²) in [5, 5.41) is 22.9. The molecule has 2 heterocycles. The third kappa shape index (κ3) is 7.47. The second-order valence-corrected chi connectivity index (χ2v) is 12.2. The van der Waals surface area contributed by atoms with Crippen molar-refractivity contribution in [3.05, 3.63) is 17.6 Å². The van der Waals surface area contributed by atoms with E-state index < -0.39 is 23.5 Å². The molecule has 1 aliphatic heterocycles. The molecule has 2 atom stereocenters. The topological polar surface area (TPSA) is 136 Å². The number of thioether (sulfide) groups is 1. The summed E-state index contributed by atoms with van der Waals surface area (Å²) in [6.45, 7) is 12.4. The molecule has 1 aromatic heterocycles. The Labute approximate surface area is 218 Å². The first-order valence-electron chi connectivity index (χ1n) is 12.3. The number of piperidine rings is 1. The zero-order valence-electron chi connectivity index (χ0n) is 22.5. The number of carbonyl (C=O) groups is 3. The van der Waals surface area contributed by atoms with Crippen LogP contribution in [0.25, 0.3) is 0 Å². The first kappa shape index (κ1) is 29.7. The van der Waals surface area contributed by atoms with Crippen LogP contribution in [0.5, 0.6) is 0 Å². The fraction of sp³-hybridized carbons (Fsp3) is 0.720. The number of anilines is 1. The van der Waals surface area contributed by atoms with E-state index >= 15 is 0 Å². The molecular weight excluding hydrogens is 482 g/mol. The Kier molecular flexibility index (Phi) is 9.99. The number of amides is 2. The molecule has 10 nitrogen and oxygen atoms in total. The molecule has 0 bridgehead atoms. The average Bonchev–Trinajstić information content (AvgIpc) is 2.78. The van der Waals surface area contributed by atoms with Gasteiger partial charge in [-0.3, -0.25) is 9.59 Å². The maximum atomic E-state index is 14.0. The van der Waals surface area contributed by atoms with Crippen LogP contribution >= 0.6 is 11.8 Å². The second kappa shape index (κ2) is 12.1. The number of carbonyl (C=O) groups excluding carboxylic acids is 1. The van der Waals surface area contributed by atoms with Crippen LogP contribution in [0.3, 0.4) is 0 Å². The number of nitrogens with zero attached hydrogens (tertiary/aromatic N) is 4. The fourth-order valence-corrected chi connectivity index (χ4v) is 4.74. The molecule has 202 valence electrons. The lowest BCUT2D eigenvalue weighted by Gasteiger charge is -2.45. The van der Waals surface area contributed by atoms with Crippen LogP contribution in [-0.2, 0) is 10.2 Å². The summed E-state index contributed by atoms with van der Waals surface area (Å²) in [4.78, 5) is 49.8. The Morgan fingerprint density at radius 1 is 1.31 bits per heavy atom. The highest BCUT2D eigenvalue weighted by Gasteiger charge is 2.46. The van der Waals surface area contributed by atoms with Crippen LogP contribution < -0.4 is 5.32 Å². The molecule has 1 fully saturated rings. The van der Waals surface area contributed by atoms with Crippen LogP contribution in [0.4, 0.5) is 10.6 Å². The van der Waals surface area contributed by atoms with Crippen molar-refractivity contribution >= 4 is 35.5 Å². The van der Waals surface area contributed by atoms with Crippen molar-refractivity contribution in [1.29, 1.82) is 0 Å². The Hall–Kier alpha value is -2.56. The van der Waals surface area contributed by atoms with Gasteiger partial charge in [0, 0.05) is 37.8 Å². The lowest BCUT2D eigenvalue weighted by atomic mass is 9.79. The van der Waals surface area contributed by atoms with E-state index in [4.69, 9.17) is 4.98 Å². The van der Waals surface area contributed by atoms with Gasteiger partial charge in [-0.05, 0) is 37.7 Å². The number of aliphatic carboxylic acids is 1. The number of carboxylic acids is 1. The van der Waals surface area contributed by atoms with E-state index in [2.05, 4.69) is 10.3 Å². The number of rotatable bonds is 10. The molecule has 1 saturated heterocycles. The minimum absolute atomic E-state index is 0.0497. The molecule has 0 saturated carbocycles.